The van der Waals surface area contributed by atoms with Crippen molar-refractivity contribution in [2.24, 2.45) is 34.5 Å². The van der Waals surface area contributed by atoms with Gasteiger partial charge in [0.2, 0.25) is 0 Å². The van der Waals surface area contributed by atoms with Crippen LogP contribution in [0, 0.1) is 34.5 Å². The highest BCUT2D eigenvalue weighted by molar-refractivity contribution is 7.77. The summed E-state index contributed by atoms with van der Waals surface area (Å²) in [5.41, 5.74) is 0.526. The van der Waals surface area contributed by atoms with Gasteiger partial charge in [-0.05, 0) is 74.0 Å². The molecule has 3 heteroatoms. The van der Waals surface area contributed by atoms with Gasteiger partial charge >= 0.3 is 0 Å². The van der Waals surface area contributed by atoms with Gasteiger partial charge in [0.25, 0.3) is 0 Å². The molecule has 4 rings (SSSR count). The van der Waals surface area contributed by atoms with Gasteiger partial charge in [0.15, 0.2) is 0 Å². The highest BCUT2D eigenvalue weighted by atomic mass is 32.1. The Morgan fingerprint density at radius 2 is 1.82 bits per heavy atom. The standard InChI is InChI=1S/C19H31NOS/c1-18-10-12-20(22)11-8-13(18)3-4-14-15-5-6-17(21)19(15,2)9-7-16(14)18/h13-16,22H,3-12H2,1-2H3. The first-order valence-electron chi connectivity index (χ1n) is 9.42. The Balaban J connectivity index is 1.64. The summed E-state index contributed by atoms with van der Waals surface area (Å²) >= 11 is 4.64. The summed E-state index contributed by atoms with van der Waals surface area (Å²) in [6.07, 6.45) is 9.88. The van der Waals surface area contributed by atoms with Gasteiger partial charge in [-0.2, -0.15) is 0 Å². The predicted molar refractivity (Wildman–Crippen MR) is 92.7 cm³/mol. The van der Waals surface area contributed by atoms with Crippen LogP contribution in [0.15, 0.2) is 0 Å². The van der Waals surface area contributed by atoms with E-state index in [-0.39, 0.29) is 5.41 Å². The van der Waals surface area contributed by atoms with E-state index in [1.165, 1.54) is 38.5 Å². The maximum Gasteiger partial charge on any atom is 0.139 e. The van der Waals surface area contributed by atoms with Crippen molar-refractivity contribution < 1.29 is 4.79 Å². The van der Waals surface area contributed by atoms with E-state index in [0.717, 1.165) is 43.7 Å². The number of fused-ring (bicyclic) bond motifs is 5. The van der Waals surface area contributed by atoms with Crippen molar-refractivity contribution in [1.29, 1.82) is 0 Å². The fourth-order valence-corrected chi connectivity index (χ4v) is 7.17. The van der Waals surface area contributed by atoms with E-state index in [4.69, 9.17) is 0 Å². The molecule has 4 fully saturated rings. The van der Waals surface area contributed by atoms with Crippen LogP contribution in [0.4, 0.5) is 0 Å². The van der Waals surface area contributed by atoms with Crippen molar-refractivity contribution in [2.75, 3.05) is 13.1 Å². The van der Waals surface area contributed by atoms with Crippen LogP contribution < -0.4 is 0 Å². The van der Waals surface area contributed by atoms with Crippen LogP contribution in [0.3, 0.4) is 0 Å². The van der Waals surface area contributed by atoms with Crippen LogP contribution in [0.1, 0.15) is 65.2 Å². The van der Waals surface area contributed by atoms with Gasteiger partial charge in [-0.3, -0.25) is 9.10 Å². The number of rotatable bonds is 0. The molecular formula is C19H31NOS. The molecule has 0 spiro atoms. The minimum absolute atomic E-state index is 0.0324. The summed E-state index contributed by atoms with van der Waals surface area (Å²) in [4.78, 5) is 12.4. The van der Waals surface area contributed by atoms with Crippen molar-refractivity contribution in [3.05, 3.63) is 0 Å². The van der Waals surface area contributed by atoms with Crippen LogP contribution >= 0.6 is 12.8 Å². The maximum atomic E-state index is 12.4. The molecule has 0 amide bonds. The van der Waals surface area contributed by atoms with E-state index in [1.807, 2.05) is 0 Å². The van der Waals surface area contributed by atoms with Gasteiger partial charge in [0.05, 0.1) is 0 Å². The zero-order chi connectivity index (χ0) is 15.5. The van der Waals surface area contributed by atoms with Crippen molar-refractivity contribution in [3.8, 4) is 0 Å². The van der Waals surface area contributed by atoms with Crippen molar-refractivity contribution >= 4 is 18.6 Å². The number of Topliss-reactive ketones (excluding diaryl/α,β-unsaturated/α-hetero) is 1. The number of ketones is 1. The molecule has 6 atom stereocenters. The first-order valence-corrected chi connectivity index (χ1v) is 9.82. The molecule has 3 aliphatic carbocycles. The molecule has 0 aromatic heterocycles. The number of hydrogen-bond acceptors (Lipinski definition) is 3. The molecule has 0 bridgehead atoms. The van der Waals surface area contributed by atoms with Crippen LogP contribution in [-0.4, -0.2) is 23.2 Å². The highest BCUT2D eigenvalue weighted by Crippen LogP contribution is 2.64. The van der Waals surface area contributed by atoms with Gasteiger partial charge in [0, 0.05) is 24.9 Å². The smallest absolute Gasteiger partial charge is 0.139 e. The molecule has 0 aromatic carbocycles. The molecule has 2 nitrogen and oxygen atoms in total. The quantitative estimate of drug-likeness (QED) is 0.669. The lowest BCUT2D eigenvalue weighted by Crippen LogP contribution is -2.52. The van der Waals surface area contributed by atoms with E-state index in [9.17, 15) is 4.79 Å². The highest BCUT2D eigenvalue weighted by Gasteiger charge is 2.59. The second-order valence-electron chi connectivity index (χ2n) is 9.07. The second kappa shape index (κ2) is 5.24. The summed E-state index contributed by atoms with van der Waals surface area (Å²) < 4.78 is 2.24. The summed E-state index contributed by atoms with van der Waals surface area (Å²) in [6.45, 7) is 7.17. The molecular weight excluding hydrogens is 290 g/mol. The fourth-order valence-electron chi connectivity index (χ4n) is 6.96. The molecule has 4 aliphatic rings. The summed E-state index contributed by atoms with van der Waals surface area (Å²) in [5.74, 6) is 3.82. The average Bonchev–Trinajstić information content (AvgIpc) is 2.70. The molecule has 3 saturated carbocycles. The molecule has 124 valence electrons. The first-order chi connectivity index (χ1) is 10.4. The van der Waals surface area contributed by atoms with Crippen molar-refractivity contribution in [3.63, 3.8) is 0 Å². The third kappa shape index (κ3) is 2.07. The van der Waals surface area contributed by atoms with Crippen LogP contribution in [0.5, 0.6) is 0 Å². The topological polar surface area (TPSA) is 20.3 Å². The Labute approximate surface area is 140 Å². The Hall–Kier alpha value is -0.0200. The van der Waals surface area contributed by atoms with E-state index < -0.39 is 0 Å². The minimum Gasteiger partial charge on any atom is -0.299 e. The second-order valence-corrected chi connectivity index (χ2v) is 9.63. The Bertz CT molecular complexity index is 480. The summed E-state index contributed by atoms with van der Waals surface area (Å²) in [6, 6.07) is 0. The average molecular weight is 322 g/mol. The van der Waals surface area contributed by atoms with Crippen LogP contribution in [0.25, 0.3) is 0 Å². The van der Waals surface area contributed by atoms with Crippen LogP contribution in [-0.2, 0) is 4.79 Å². The summed E-state index contributed by atoms with van der Waals surface area (Å²) in [7, 11) is 0. The largest absolute Gasteiger partial charge is 0.299 e. The van der Waals surface area contributed by atoms with E-state index in [1.54, 1.807) is 0 Å². The summed E-state index contributed by atoms with van der Waals surface area (Å²) in [5, 5.41) is 0. The monoisotopic (exact) mass is 321 g/mol. The number of nitrogens with zero attached hydrogens (tertiary/aromatic N) is 1. The minimum atomic E-state index is 0.0324. The zero-order valence-corrected chi connectivity index (χ0v) is 15.1. The molecule has 1 aliphatic heterocycles. The number of carbonyl (C=O) groups is 1. The maximum absolute atomic E-state index is 12.4. The van der Waals surface area contributed by atoms with Gasteiger partial charge in [0.1, 0.15) is 5.78 Å². The van der Waals surface area contributed by atoms with Crippen molar-refractivity contribution in [2.45, 2.75) is 65.2 Å². The molecule has 1 heterocycles. The molecule has 0 radical (unpaired) electrons. The SMILES string of the molecule is CC12CCC3C(CCC4CCN(S)CCC43C)C1CCC2=O. The zero-order valence-electron chi connectivity index (χ0n) is 14.2. The Morgan fingerprint density at radius 1 is 1.00 bits per heavy atom. The number of thiol groups is 1. The normalized spacial score (nSPS) is 52.6. The van der Waals surface area contributed by atoms with Crippen LogP contribution in [0.2, 0.25) is 0 Å². The van der Waals surface area contributed by atoms with E-state index in [2.05, 4.69) is 31.0 Å². The van der Waals surface area contributed by atoms with Gasteiger partial charge < -0.3 is 0 Å². The number of hydrogen-bond donors (Lipinski definition) is 1. The van der Waals surface area contributed by atoms with E-state index >= 15 is 0 Å². The predicted octanol–water partition coefficient (Wildman–Crippen LogP) is 4.35. The first kappa shape index (κ1) is 15.5. The third-order valence-corrected chi connectivity index (χ3v) is 8.82. The molecule has 0 aromatic rings. The van der Waals surface area contributed by atoms with Gasteiger partial charge in [-0.15, -0.1) is 0 Å². The third-order valence-electron chi connectivity index (χ3n) is 8.42. The Kier molecular flexibility index (Phi) is 3.69. The Morgan fingerprint density at radius 3 is 2.64 bits per heavy atom. The molecule has 6 unspecified atom stereocenters. The van der Waals surface area contributed by atoms with Crippen molar-refractivity contribution in [1.82, 2.24) is 4.31 Å². The van der Waals surface area contributed by atoms with Gasteiger partial charge in [-0.1, -0.05) is 26.7 Å². The van der Waals surface area contributed by atoms with Gasteiger partial charge in [-0.25, -0.2) is 0 Å². The molecule has 1 saturated heterocycles. The fraction of sp³-hybridized carbons (Fsp3) is 0.947. The molecule has 0 N–H and O–H groups in total. The lowest BCUT2D eigenvalue weighted by atomic mass is 9.47. The lowest BCUT2D eigenvalue weighted by Gasteiger charge is -2.57. The van der Waals surface area contributed by atoms with E-state index in [0.29, 0.717) is 17.1 Å². The number of carbonyl (C=O) groups excluding carboxylic acids is 1. The lowest BCUT2D eigenvalue weighted by molar-refractivity contribution is -0.136. The molecule has 22 heavy (non-hydrogen) atoms.